The maximum atomic E-state index is 12.0. The highest BCUT2D eigenvalue weighted by Crippen LogP contribution is 2.15. The fourth-order valence-electron chi connectivity index (χ4n) is 2.78. The Bertz CT molecular complexity index is 829. The van der Waals surface area contributed by atoms with Gasteiger partial charge in [-0.1, -0.05) is 0 Å². The molecule has 1 fully saturated rings. The van der Waals surface area contributed by atoms with Gasteiger partial charge in [-0.05, 0) is 31.3 Å². The number of nitrogens with one attached hydrogen (secondary N) is 3. The summed E-state index contributed by atoms with van der Waals surface area (Å²) in [6.45, 7) is 3.34. The summed E-state index contributed by atoms with van der Waals surface area (Å²) in [5.74, 6) is -0.380. The molecule has 0 radical (unpaired) electrons. The lowest BCUT2D eigenvalue weighted by Crippen LogP contribution is -2.44. The zero-order valence-corrected chi connectivity index (χ0v) is 16.2. The third kappa shape index (κ3) is 6.04. The summed E-state index contributed by atoms with van der Waals surface area (Å²) in [7, 11) is 2.09. The minimum absolute atomic E-state index is 0.114. The van der Waals surface area contributed by atoms with Crippen molar-refractivity contribution in [1.29, 1.82) is 0 Å². The molecule has 1 aliphatic rings. The van der Waals surface area contributed by atoms with E-state index >= 15 is 0 Å². The van der Waals surface area contributed by atoms with Crippen molar-refractivity contribution < 1.29 is 18.8 Å². The highest BCUT2D eigenvalue weighted by atomic mass is 16.3. The molecule has 0 aliphatic carbocycles. The maximum Gasteiger partial charge on any atom is 0.287 e. The molecule has 3 amide bonds. The van der Waals surface area contributed by atoms with Gasteiger partial charge in [-0.15, -0.1) is 0 Å². The lowest BCUT2D eigenvalue weighted by molar-refractivity contribution is -0.123. The second-order valence-electron chi connectivity index (χ2n) is 6.68. The van der Waals surface area contributed by atoms with Crippen molar-refractivity contribution in [1.82, 2.24) is 20.5 Å². The van der Waals surface area contributed by atoms with Crippen LogP contribution in [0.1, 0.15) is 10.6 Å². The molecule has 10 nitrogen and oxygen atoms in total. The summed E-state index contributed by atoms with van der Waals surface area (Å²) in [5.41, 5.74) is 0.549. The van der Waals surface area contributed by atoms with E-state index in [1.807, 2.05) is 6.07 Å². The number of aromatic nitrogens is 1. The van der Waals surface area contributed by atoms with E-state index < -0.39 is 11.8 Å². The number of hydrogen-bond donors (Lipinski definition) is 3. The fraction of sp³-hybridized carbons (Fsp3) is 0.368. The molecule has 0 bridgehead atoms. The Kier molecular flexibility index (Phi) is 6.80. The summed E-state index contributed by atoms with van der Waals surface area (Å²) in [6.07, 6.45) is 2.96. The second-order valence-corrected chi connectivity index (χ2v) is 6.68. The van der Waals surface area contributed by atoms with Crippen LogP contribution in [-0.4, -0.2) is 73.9 Å². The molecule has 1 aliphatic heterocycles. The normalized spacial score (nSPS) is 14.3. The quantitative estimate of drug-likeness (QED) is 0.594. The van der Waals surface area contributed by atoms with Gasteiger partial charge in [0.1, 0.15) is 5.82 Å². The van der Waals surface area contributed by atoms with Gasteiger partial charge in [0.15, 0.2) is 5.76 Å². The average Bonchev–Trinajstić information content (AvgIpc) is 3.27. The Labute approximate surface area is 168 Å². The van der Waals surface area contributed by atoms with E-state index in [1.165, 1.54) is 12.3 Å². The molecule has 0 unspecified atom stereocenters. The molecule has 29 heavy (non-hydrogen) atoms. The van der Waals surface area contributed by atoms with E-state index in [9.17, 15) is 14.4 Å². The Morgan fingerprint density at radius 3 is 2.45 bits per heavy atom. The molecule has 0 saturated carbocycles. The molecule has 2 aromatic heterocycles. The predicted molar refractivity (Wildman–Crippen MR) is 107 cm³/mol. The molecule has 1 saturated heterocycles. The van der Waals surface area contributed by atoms with Crippen LogP contribution in [0.3, 0.4) is 0 Å². The van der Waals surface area contributed by atoms with E-state index in [1.54, 1.807) is 18.3 Å². The van der Waals surface area contributed by atoms with Crippen molar-refractivity contribution >= 4 is 29.2 Å². The molecule has 0 aromatic carbocycles. The van der Waals surface area contributed by atoms with E-state index in [4.69, 9.17) is 4.42 Å². The number of furan rings is 1. The van der Waals surface area contributed by atoms with Gasteiger partial charge in [0.25, 0.3) is 5.91 Å². The molecule has 3 heterocycles. The first-order chi connectivity index (χ1) is 14.0. The van der Waals surface area contributed by atoms with Gasteiger partial charge < -0.3 is 30.2 Å². The zero-order chi connectivity index (χ0) is 20.6. The van der Waals surface area contributed by atoms with Crippen LogP contribution >= 0.6 is 0 Å². The monoisotopic (exact) mass is 400 g/mol. The van der Waals surface area contributed by atoms with Crippen LogP contribution in [0.2, 0.25) is 0 Å². The van der Waals surface area contributed by atoms with E-state index in [0.29, 0.717) is 5.69 Å². The van der Waals surface area contributed by atoms with E-state index in [-0.39, 0.29) is 24.8 Å². The van der Waals surface area contributed by atoms with Crippen LogP contribution in [0.5, 0.6) is 0 Å². The first-order valence-electron chi connectivity index (χ1n) is 9.29. The lowest BCUT2D eigenvalue weighted by atomic mass is 10.3. The molecule has 3 N–H and O–H groups in total. The van der Waals surface area contributed by atoms with Gasteiger partial charge in [0, 0.05) is 26.2 Å². The number of anilines is 2. The number of hydrogen-bond acceptors (Lipinski definition) is 7. The highest BCUT2D eigenvalue weighted by Gasteiger charge is 2.15. The minimum Gasteiger partial charge on any atom is -0.459 e. The second kappa shape index (κ2) is 9.69. The van der Waals surface area contributed by atoms with Crippen molar-refractivity contribution in [2.24, 2.45) is 0 Å². The number of pyridine rings is 1. The summed E-state index contributed by atoms with van der Waals surface area (Å²) in [4.78, 5) is 44.3. The maximum absolute atomic E-state index is 12.0. The summed E-state index contributed by atoms with van der Waals surface area (Å²) in [6, 6.07) is 6.71. The van der Waals surface area contributed by atoms with Gasteiger partial charge in [0.2, 0.25) is 11.8 Å². The third-order valence-corrected chi connectivity index (χ3v) is 4.46. The largest absolute Gasteiger partial charge is 0.459 e. The van der Waals surface area contributed by atoms with Gasteiger partial charge in [-0.25, -0.2) is 4.98 Å². The Balaban J connectivity index is 1.37. The van der Waals surface area contributed by atoms with E-state index in [0.717, 1.165) is 32.0 Å². The molecular weight excluding hydrogens is 376 g/mol. The van der Waals surface area contributed by atoms with Crippen molar-refractivity contribution in [3.63, 3.8) is 0 Å². The van der Waals surface area contributed by atoms with Gasteiger partial charge in [0.05, 0.1) is 31.2 Å². The number of likely N-dealkylation sites (N-methyl/N-ethyl adjacent to an activating group) is 1. The Hall–Kier alpha value is -3.40. The van der Waals surface area contributed by atoms with E-state index in [2.05, 4.69) is 37.8 Å². The number of piperazine rings is 1. The predicted octanol–water partition coefficient (Wildman–Crippen LogP) is -0.0889. The zero-order valence-electron chi connectivity index (χ0n) is 16.2. The summed E-state index contributed by atoms with van der Waals surface area (Å²) < 4.78 is 4.92. The number of rotatable bonds is 7. The Morgan fingerprint density at radius 1 is 1.03 bits per heavy atom. The van der Waals surface area contributed by atoms with Crippen LogP contribution in [0.15, 0.2) is 41.1 Å². The first-order valence-corrected chi connectivity index (χ1v) is 9.29. The number of nitrogens with zero attached hydrogens (tertiary/aromatic N) is 3. The van der Waals surface area contributed by atoms with Crippen molar-refractivity contribution in [2.75, 3.05) is 56.5 Å². The standard InChI is InChI=1S/C19H24N6O4/c1-24-6-8-25(9-7-24)16-5-4-14(11-20-16)23-18(27)13-21-17(26)12-22-19(28)15-3-2-10-29-15/h2-5,10-11H,6-9,12-13H2,1H3,(H,21,26)(H,22,28)(H,23,27). The third-order valence-electron chi connectivity index (χ3n) is 4.46. The first kappa shape index (κ1) is 20.3. The Morgan fingerprint density at radius 2 is 1.79 bits per heavy atom. The molecule has 2 aromatic rings. The molecule has 3 rings (SSSR count). The molecule has 0 spiro atoms. The van der Waals surface area contributed by atoms with Gasteiger partial charge >= 0.3 is 0 Å². The van der Waals surface area contributed by atoms with Crippen LogP contribution in [0.25, 0.3) is 0 Å². The molecular formula is C19H24N6O4. The van der Waals surface area contributed by atoms with Crippen molar-refractivity contribution in [3.8, 4) is 0 Å². The number of amides is 3. The van der Waals surface area contributed by atoms with Crippen LogP contribution in [0.4, 0.5) is 11.5 Å². The van der Waals surface area contributed by atoms with Crippen LogP contribution < -0.4 is 20.9 Å². The van der Waals surface area contributed by atoms with Gasteiger partial charge in [-0.3, -0.25) is 14.4 Å². The fourth-order valence-corrected chi connectivity index (χ4v) is 2.78. The van der Waals surface area contributed by atoms with Crippen LogP contribution in [0, 0.1) is 0 Å². The average molecular weight is 400 g/mol. The van der Waals surface area contributed by atoms with Crippen molar-refractivity contribution in [2.45, 2.75) is 0 Å². The highest BCUT2D eigenvalue weighted by molar-refractivity contribution is 5.96. The SMILES string of the molecule is CN1CCN(c2ccc(NC(=O)CNC(=O)CNC(=O)c3ccco3)cn2)CC1. The van der Waals surface area contributed by atoms with Crippen molar-refractivity contribution in [3.05, 3.63) is 42.5 Å². The molecule has 0 atom stereocenters. The van der Waals surface area contributed by atoms with Gasteiger partial charge in [-0.2, -0.15) is 0 Å². The summed E-state index contributed by atoms with van der Waals surface area (Å²) >= 11 is 0. The number of carbonyl (C=O) groups excluding carboxylic acids is 3. The minimum atomic E-state index is -0.499. The number of carbonyl (C=O) groups is 3. The smallest absolute Gasteiger partial charge is 0.287 e. The topological polar surface area (TPSA) is 120 Å². The molecule has 154 valence electrons. The van der Waals surface area contributed by atoms with Crippen LogP contribution in [-0.2, 0) is 9.59 Å². The lowest BCUT2D eigenvalue weighted by Gasteiger charge is -2.33. The molecule has 10 heteroatoms. The summed E-state index contributed by atoms with van der Waals surface area (Å²) in [5, 5.41) is 7.52.